The summed E-state index contributed by atoms with van der Waals surface area (Å²) in [5.74, 6) is 0. The molecule has 0 spiro atoms. The molecule has 0 bridgehead atoms. The van der Waals surface area contributed by atoms with E-state index >= 15 is 0 Å². The Morgan fingerprint density at radius 1 is 1.12 bits per heavy atom. The van der Waals surface area contributed by atoms with Crippen molar-refractivity contribution >= 4 is 0 Å². The zero-order valence-corrected chi connectivity index (χ0v) is 11.4. The molecular weight excluding hydrogens is 194 g/mol. The zero-order valence-electron chi connectivity index (χ0n) is 11.4. The fraction of sp³-hybridized carbons (Fsp3) is 0.600. The molecule has 0 radical (unpaired) electrons. The number of rotatable bonds is 1. The predicted octanol–water partition coefficient (Wildman–Crippen LogP) is 3.79. The molecule has 0 N–H and O–H groups in total. The summed E-state index contributed by atoms with van der Waals surface area (Å²) >= 11 is 0. The Kier molecular flexibility index (Phi) is 5.01. The van der Waals surface area contributed by atoms with Gasteiger partial charge in [-0.25, -0.2) is 0 Å². The third-order valence-corrected chi connectivity index (χ3v) is 3.13. The highest BCUT2D eigenvalue weighted by molar-refractivity contribution is 5.33. The van der Waals surface area contributed by atoms with Crippen LogP contribution in [0.4, 0.5) is 0 Å². The molecule has 1 aromatic carbocycles. The van der Waals surface area contributed by atoms with Crippen LogP contribution in [-0.4, -0.2) is 17.5 Å². The maximum absolute atomic E-state index is 2.54. The number of fused-ring (bicyclic) bond motifs is 1. The van der Waals surface area contributed by atoms with Crippen LogP contribution in [0.2, 0.25) is 0 Å². The summed E-state index contributed by atoms with van der Waals surface area (Å²) in [5, 5.41) is 0. The van der Waals surface area contributed by atoms with E-state index in [4.69, 9.17) is 0 Å². The van der Waals surface area contributed by atoms with E-state index in [0.717, 1.165) is 6.54 Å². The van der Waals surface area contributed by atoms with E-state index in [2.05, 4.69) is 43.9 Å². The minimum atomic E-state index is 0.671. The summed E-state index contributed by atoms with van der Waals surface area (Å²) in [4.78, 5) is 2.54. The Bertz CT molecular complexity index is 328. The Balaban J connectivity index is 0.000000606. The molecule has 0 saturated carbocycles. The summed E-state index contributed by atoms with van der Waals surface area (Å²) in [5.41, 5.74) is 4.47. The van der Waals surface area contributed by atoms with Gasteiger partial charge in [-0.2, -0.15) is 0 Å². The van der Waals surface area contributed by atoms with Crippen molar-refractivity contribution in [2.24, 2.45) is 0 Å². The zero-order chi connectivity index (χ0) is 12.1. The topological polar surface area (TPSA) is 3.24 Å². The second-order valence-corrected chi connectivity index (χ2v) is 4.59. The van der Waals surface area contributed by atoms with E-state index in [9.17, 15) is 0 Å². The van der Waals surface area contributed by atoms with E-state index in [1.54, 1.807) is 5.56 Å². The van der Waals surface area contributed by atoms with Crippen LogP contribution in [0.1, 0.15) is 44.4 Å². The van der Waals surface area contributed by atoms with Gasteiger partial charge in [0, 0.05) is 19.1 Å². The summed E-state index contributed by atoms with van der Waals surface area (Å²) < 4.78 is 0. The minimum absolute atomic E-state index is 0.671. The van der Waals surface area contributed by atoms with Gasteiger partial charge in [0.05, 0.1) is 0 Å². The van der Waals surface area contributed by atoms with Crippen LogP contribution in [0.3, 0.4) is 0 Å². The molecule has 16 heavy (non-hydrogen) atoms. The molecular formula is C15H25N. The molecule has 0 saturated heterocycles. The molecule has 0 atom stereocenters. The highest BCUT2D eigenvalue weighted by atomic mass is 15.1. The summed E-state index contributed by atoms with van der Waals surface area (Å²) in [6.45, 7) is 13.1. The average molecular weight is 219 g/mol. The van der Waals surface area contributed by atoms with E-state index in [0.29, 0.717) is 6.04 Å². The maximum Gasteiger partial charge on any atom is 0.0239 e. The van der Waals surface area contributed by atoms with E-state index < -0.39 is 0 Å². The predicted molar refractivity (Wildman–Crippen MR) is 71.8 cm³/mol. The molecule has 0 unspecified atom stereocenters. The van der Waals surface area contributed by atoms with Gasteiger partial charge in [-0.1, -0.05) is 37.6 Å². The molecule has 1 aromatic rings. The minimum Gasteiger partial charge on any atom is -0.296 e. The largest absolute Gasteiger partial charge is 0.296 e. The van der Waals surface area contributed by atoms with Crippen LogP contribution in [0.25, 0.3) is 0 Å². The second-order valence-electron chi connectivity index (χ2n) is 4.59. The normalized spacial score (nSPS) is 15.4. The molecule has 1 heterocycles. The van der Waals surface area contributed by atoms with E-state index in [-0.39, 0.29) is 0 Å². The van der Waals surface area contributed by atoms with Crippen LogP contribution in [-0.2, 0) is 13.0 Å². The van der Waals surface area contributed by atoms with Crippen molar-refractivity contribution in [3.63, 3.8) is 0 Å². The van der Waals surface area contributed by atoms with Crippen molar-refractivity contribution < 1.29 is 0 Å². The van der Waals surface area contributed by atoms with Crippen molar-refractivity contribution in [3.05, 3.63) is 34.9 Å². The Morgan fingerprint density at radius 3 is 2.44 bits per heavy atom. The molecule has 1 aliphatic heterocycles. The van der Waals surface area contributed by atoms with Crippen LogP contribution in [0.15, 0.2) is 18.2 Å². The van der Waals surface area contributed by atoms with Gasteiger partial charge in [0.25, 0.3) is 0 Å². The SMILES string of the molecule is CC.Cc1ccc2c(c1)CCN(C(C)C)C2. The van der Waals surface area contributed by atoms with Gasteiger partial charge in [-0.3, -0.25) is 4.90 Å². The van der Waals surface area contributed by atoms with Crippen molar-refractivity contribution in [3.8, 4) is 0 Å². The smallest absolute Gasteiger partial charge is 0.0239 e. The van der Waals surface area contributed by atoms with Gasteiger partial charge in [0.15, 0.2) is 0 Å². The third-order valence-electron chi connectivity index (χ3n) is 3.13. The first-order valence-electron chi connectivity index (χ1n) is 6.49. The Labute approximate surface area is 100 Å². The van der Waals surface area contributed by atoms with Crippen LogP contribution >= 0.6 is 0 Å². The van der Waals surface area contributed by atoms with Crippen LogP contribution in [0.5, 0.6) is 0 Å². The lowest BCUT2D eigenvalue weighted by atomic mass is 9.97. The number of nitrogens with zero attached hydrogens (tertiary/aromatic N) is 1. The monoisotopic (exact) mass is 219 g/mol. The first-order chi connectivity index (χ1) is 7.66. The van der Waals surface area contributed by atoms with Gasteiger partial charge in [0.1, 0.15) is 0 Å². The van der Waals surface area contributed by atoms with Crippen LogP contribution < -0.4 is 0 Å². The summed E-state index contributed by atoms with van der Waals surface area (Å²) in [6, 6.07) is 7.53. The molecule has 1 heteroatoms. The highest BCUT2D eigenvalue weighted by Gasteiger charge is 2.17. The number of hydrogen-bond donors (Lipinski definition) is 0. The molecule has 0 aromatic heterocycles. The molecule has 90 valence electrons. The summed E-state index contributed by atoms with van der Waals surface area (Å²) in [7, 11) is 0. The molecule has 0 amide bonds. The van der Waals surface area contributed by atoms with E-state index in [1.807, 2.05) is 13.8 Å². The highest BCUT2D eigenvalue weighted by Crippen LogP contribution is 2.21. The quantitative estimate of drug-likeness (QED) is 0.694. The van der Waals surface area contributed by atoms with E-state index in [1.165, 1.54) is 24.1 Å². The molecule has 0 fully saturated rings. The van der Waals surface area contributed by atoms with Crippen molar-refractivity contribution in [2.75, 3.05) is 6.54 Å². The van der Waals surface area contributed by atoms with Gasteiger partial charge in [-0.05, 0) is 38.3 Å². The fourth-order valence-corrected chi connectivity index (χ4v) is 2.14. The van der Waals surface area contributed by atoms with Gasteiger partial charge in [-0.15, -0.1) is 0 Å². The van der Waals surface area contributed by atoms with Gasteiger partial charge >= 0.3 is 0 Å². The maximum atomic E-state index is 2.54. The molecule has 0 aliphatic carbocycles. The van der Waals surface area contributed by atoms with Crippen LogP contribution in [0, 0.1) is 6.92 Å². The van der Waals surface area contributed by atoms with Gasteiger partial charge in [0.2, 0.25) is 0 Å². The van der Waals surface area contributed by atoms with Crippen molar-refractivity contribution in [2.45, 2.75) is 53.6 Å². The Hall–Kier alpha value is -0.820. The first-order valence-corrected chi connectivity index (χ1v) is 6.49. The fourth-order valence-electron chi connectivity index (χ4n) is 2.14. The molecule has 1 aliphatic rings. The lowest BCUT2D eigenvalue weighted by molar-refractivity contribution is 0.203. The van der Waals surface area contributed by atoms with Crippen molar-refractivity contribution in [1.29, 1.82) is 0 Å². The lowest BCUT2D eigenvalue weighted by Gasteiger charge is -2.32. The second kappa shape index (κ2) is 6.05. The number of hydrogen-bond acceptors (Lipinski definition) is 1. The first kappa shape index (κ1) is 13.2. The van der Waals surface area contributed by atoms with Gasteiger partial charge < -0.3 is 0 Å². The average Bonchev–Trinajstić information content (AvgIpc) is 2.30. The number of benzene rings is 1. The third kappa shape index (κ3) is 3.08. The molecule has 2 rings (SSSR count). The number of aryl methyl sites for hydroxylation is 1. The standard InChI is InChI=1S/C13H19N.C2H6/c1-10(2)14-7-6-12-8-11(3)4-5-13(12)9-14;1-2/h4-5,8,10H,6-7,9H2,1-3H3;1-2H3. The lowest BCUT2D eigenvalue weighted by Crippen LogP contribution is -2.35. The van der Waals surface area contributed by atoms with Crippen molar-refractivity contribution in [1.82, 2.24) is 4.90 Å². The molecule has 1 nitrogen and oxygen atoms in total. The summed E-state index contributed by atoms with van der Waals surface area (Å²) in [6.07, 6.45) is 1.22. The Morgan fingerprint density at radius 2 is 1.81 bits per heavy atom.